The van der Waals surface area contributed by atoms with Crippen LogP contribution in [0, 0.1) is 0 Å². The van der Waals surface area contributed by atoms with Gasteiger partial charge in [0.05, 0.1) is 12.4 Å². The SMILES string of the molecule is CCCCCCCCCCn1cnc2c1c(=O)n(CCCCC(C)O)c(=O)n2C. The molecule has 7 nitrogen and oxygen atoms in total. The first kappa shape index (κ1) is 23.4. The molecule has 164 valence electrons. The number of hydrogen-bond acceptors (Lipinski definition) is 4. The van der Waals surface area contributed by atoms with Crippen molar-refractivity contribution in [3.8, 4) is 0 Å². The van der Waals surface area contributed by atoms with E-state index in [1.54, 1.807) is 20.3 Å². The molecule has 0 bridgehead atoms. The van der Waals surface area contributed by atoms with Gasteiger partial charge in [-0.1, -0.05) is 51.9 Å². The van der Waals surface area contributed by atoms with Crippen LogP contribution < -0.4 is 11.2 Å². The maximum Gasteiger partial charge on any atom is 0.332 e. The van der Waals surface area contributed by atoms with Crippen LogP contribution in [0.3, 0.4) is 0 Å². The van der Waals surface area contributed by atoms with Gasteiger partial charge in [0, 0.05) is 20.1 Å². The van der Waals surface area contributed by atoms with E-state index in [1.165, 1.54) is 47.7 Å². The van der Waals surface area contributed by atoms with Crippen LogP contribution in [-0.2, 0) is 20.1 Å². The molecule has 0 aromatic carbocycles. The lowest BCUT2D eigenvalue weighted by Gasteiger charge is -2.10. The minimum Gasteiger partial charge on any atom is -0.393 e. The highest BCUT2D eigenvalue weighted by atomic mass is 16.3. The lowest BCUT2D eigenvalue weighted by molar-refractivity contribution is 0.180. The number of aliphatic hydroxyl groups excluding tert-OH is 1. The van der Waals surface area contributed by atoms with Gasteiger partial charge >= 0.3 is 5.69 Å². The minimum absolute atomic E-state index is 0.253. The van der Waals surface area contributed by atoms with Crippen LogP contribution in [-0.4, -0.2) is 29.9 Å². The highest BCUT2D eigenvalue weighted by Crippen LogP contribution is 2.11. The molecule has 2 aromatic rings. The first-order valence-electron chi connectivity index (χ1n) is 11.3. The first-order chi connectivity index (χ1) is 14.0. The molecular formula is C22H38N4O3. The van der Waals surface area contributed by atoms with Gasteiger partial charge in [-0.2, -0.15) is 0 Å². The van der Waals surface area contributed by atoms with E-state index in [4.69, 9.17) is 0 Å². The zero-order chi connectivity index (χ0) is 21.2. The molecule has 0 spiro atoms. The van der Waals surface area contributed by atoms with Crippen molar-refractivity contribution in [3.63, 3.8) is 0 Å². The fourth-order valence-corrected chi connectivity index (χ4v) is 3.81. The quantitative estimate of drug-likeness (QED) is 0.486. The molecule has 0 fully saturated rings. The van der Waals surface area contributed by atoms with Gasteiger partial charge in [-0.3, -0.25) is 13.9 Å². The summed E-state index contributed by atoms with van der Waals surface area (Å²) in [6.07, 6.45) is 13.4. The number of hydrogen-bond donors (Lipinski definition) is 1. The molecule has 0 saturated heterocycles. The van der Waals surface area contributed by atoms with Crippen molar-refractivity contribution in [2.24, 2.45) is 7.05 Å². The van der Waals surface area contributed by atoms with Gasteiger partial charge in [0.15, 0.2) is 11.2 Å². The fourth-order valence-electron chi connectivity index (χ4n) is 3.81. The molecule has 1 unspecified atom stereocenters. The Bertz CT molecular complexity index is 863. The third-order valence-corrected chi connectivity index (χ3v) is 5.61. The number of aryl methyl sites for hydroxylation is 2. The second-order valence-corrected chi connectivity index (χ2v) is 8.23. The van der Waals surface area contributed by atoms with E-state index < -0.39 is 0 Å². The standard InChI is InChI=1S/C22H38N4O3/c1-4-5-6-7-8-9-10-12-15-25-17-23-20-19(25)21(28)26(22(29)24(20)3)16-13-11-14-18(2)27/h17-18,27H,4-16H2,1-3H3. The predicted molar refractivity (Wildman–Crippen MR) is 117 cm³/mol. The second kappa shape index (κ2) is 12.0. The van der Waals surface area contributed by atoms with Crippen molar-refractivity contribution in [1.82, 2.24) is 18.7 Å². The minimum atomic E-state index is -0.356. The molecule has 2 heterocycles. The molecule has 0 aliphatic carbocycles. The van der Waals surface area contributed by atoms with Crippen molar-refractivity contribution in [2.75, 3.05) is 0 Å². The van der Waals surface area contributed by atoms with Crippen molar-refractivity contribution in [1.29, 1.82) is 0 Å². The van der Waals surface area contributed by atoms with Gasteiger partial charge in [-0.05, 0) is 32.6 Å². The van der Waals surface area contributed by atoms with Crippen molar-refractivity contribution in [2.45, 2.75) is 104 Å². The van der Waals surface area contributed by atoms with Gasteiger partial charge in [0.25, 0.3) is 5.56 Å². The zero-order valence-electron chi connectivity index (χ0n) is 18.4. The molecule has 2 aromatic heterocycles. The molecule has 1 atom stereocenters. The van der Waals surface area contributed by atoms with Crippen LogP contribution in [0.25, 0.3) is 11.2 Å². The molecule has 29 heavy (non-hydrogen) atoms. The Labute approximate surface area is 173 Å². The monoisotopic (exact) mass is 406 g/mol. The topological polar surface area (TPSA) is 82.1 Å². The molecule has 1 N–H and O–H groups in total. The Morgan fingerprint density at radius 1 is 0.966 bits per heavy atom. The molecule has 7 heteroatoms. The van der Waals surface area contributed by atoms with Crippen molar-refractivity contribution < 1.29 is 5.11 Å². The van der Waals surface area contributed by atoms with Gasteiger partial charge in [0.1, 0.15) is 0 Å². The molecule has 0 aliphatic heterocycles. The van der Waals surface area contributed by atoms with E-state index in [9.17, 15) is 14.7 Å². The summed E-state index contributed by atoms with van der Waals surface area (Å²) in [5.41, 5.74) is 0.402. The molecule has 0 amide bonds. The summed E-state index contributed by atoms with van der Waals surface area (Å²) in [6, 6.07) is 0. The van der Waals surface area contributed by atoms with E-state index in [1.807, 2.05) is 4.57 Å². The number of rotatable bonds is 14. The third kappa shape index (κ3) is 6.56. The van der Waals surface area contributed by atoms with E-state index >= 15 is 0 Å². The van der Waals surface area contributed by atoms with Crippen LogP contribution >= 0.6 is 0 Å². The molecular weight excluding hydrogens is 368 g/mol. The Balaban J connectivity index is 2.01. The van der Waals surface area contributed by atoms with Crippen LogP contribution in [0.5, 0.6) is 0 Å². The molecule has 0 radical (unpaired) electrons. The van der Waals surface area contributed by atoms with E-state index in [0.29, 0.717) is 30.6 Å². The average molecular weight is 407 g/mol. The highest BCUT2D eigenvalue weighted by molar-refractivity contribution is 5.69. The fraction of sp³-hybridized carbons (Fsp3) is 0.773. The van der Waals surface area contributed by atoms with Crippen LogP contribution in [0.2, 0.25) is 0 Å². The van der Waals surface area contributed by atoms with Gasteiger partial charge in [0.2, 0.25) is 0 Å². The van der Waals surface area contributed by atoms with E-state index in [0.717, 1.165) is 25.8 Å². The maximum atomic E-state index is 13.0. The Morgan fingerprint density at radius 3 is 2.24 bits per heavy atom. The van der Waals surface area contributed by atoms with Gasteiger partial charge < -0.3 is 9.67 Å². The lowest BCUT2D eigenvalue weighted by Crippen LogP contribution is -2.39. The number of unbranched alkanes of at least 4 members (excludes halogenated alkanes) is 8. The van der Waals surface area contributed by atoms with Crippen molar-refractivity contribution >= 4 is 11.2 Å². The van der Waals surface area contributed by atoms with Crippen LogP contribution in [0.4, 0.5) is 0 Å². The molecule has 0 saturated carbocycles. The summed E-state index contributed by atoms with van der Waals surface area (Å²) in [4.78, 5) is 29.9. The van der Waals surface area contributed by atoms with Crippen LogP contribution in [0.1, 0.15) is 84.5 Å². The number of aromatic nitrogens is 4. The maximum absolute atomic E-state index is 13.0. The number of fused-ring (bicyclic) bond motifs is 1. The number of aliphatic hydroxyl groups is 1. The second-order valence-electron chi connectivity index (χ2n) is 8.23. The normalized spacial score (nSPS) is 12.7. The molecule has 2 rings (SSSR count). The van der Waals surface area contributed by atoms with E-state index in [-0.39, 0.29) is 17.4 Å². The number of imidazole rings is 1. The summed E-state index contributed by atoms with van der Waals surface area (Å²) in [5, 5.41) is 9.38. The Hall–Kier alpha value is -1.89. The average Bonchev–Trinajstić information content (AvgIpc) is 3.11. The predicted octanol–water partition coefficient (Wildman–Crippen LogP) is 3.59. The summed E-state index contributed by atoms with van der Waals surface area (Å²) in [6.45, 7) is 5.11. The Morgan fingerprint density at radius 2 is 1.59 bits per heavy atom. The first-order valence-corrected chi connectivity index (χ1v) is 11.3. The zero-order valence-corrected chi connectivity index (χ0v) is 18.4. The summed E-state index contributed by atoms with van der Waals surface area (Å²) >= 11 is 0. The third-order valence-electron chi connectivity index (χ3n) is 5.61. The smallest absolute Gasteiger partial charge is 0.332 e. The van der Waals surface area contributed by atoms with E-state index in [2.05, 4.69) is 11.9 Å². The largest absolute Gasteiger partial charge is 0.393 e. The summed E-state index contributed by atoms with van der Waals surface area (Å²) in [7, 11) is 1.67. The van der Waals surface area contributed by atoms with Crippen LogP contribution in [0.15, 0.2) is 15.9 Å². The lowest BCUT2D eigenvalue weighted by atomic mass is 10.1. The Kier molecular flexibility index (Phi) is 9.64. The summed E-state index contributed by atoms with van der Waals surface area (Å²) in [5.74, 6) is 0. The van der Waals surface area contributed by atoms with Gasteiger partial charge in [-0.25, -0.2) is 9.78 Å². The highest BCUT2D eigenvalue weighted by Gasteiger charge is 2.15. The van der Waals surface area contributed by atoms with Crippen molar-refractivity contribution in [3.05, 3.63) is 27.2 Å². The summed E-state index contributed by atoms with van der Waals surface area (Å²) < 4.78 is 4.69. The molecule has 0 aliphatic rings. The van der Waals surface area contributed by atoms with Gasteiger partial charge in [-0.15, -0.1) is 0 Å². The number of nitrogens with zero attached hydrogens (tertiary/aromatic N) is 4.